The van der Waals surface area contributed by atoms with Crippen LogP contribution in [0.15, 0.2) is 24.3 Å². The highest BCUT2D eigenvalue weighted by Crippen LogP contribution is 2.34. The van der Waals surface area contributed by atoms with Gasteiger partial charge in [0.1, 0.15) is 6.04 Å². The van der Waals surface area contributed by atoms with E-state index in [1.54, 1.807) is 0 Å². The average Bonchev–Trinajstić information content (AvgIpc) is 2.86. The molecule has 22 heavy (non-hydrogen) atoms. The molecule has 0 radical (unpaired) electrons. The van der Waals surface area contributed by atoms with Crippen molar-refractivity contribution >= 4 is 0 Å². The summed E-state index contributed by atoms with van der Waals surface area (Å²) < 4.78 is 0. The number of aliphatic hydroxyl groups is 1. The summed E-state index contributed by atoms with van der Waals surface area (Å²) >= 11 is 0. The van der Waals surface area contributed by atoms with Crippen molar-refractivity contribution < 1.29 is 5.11 Å². The van der Waals surface area contributed by atoms with Crippen LogP contribution in [-0.4, -0.2) is 53.2 Å². The monoisotopic (exact) mass is 299 g/mol. The minimum Gasteiger partial charge on any atom is -0.387 e. The molecule has 4 nitrogen and oxygen atoms in total. The molecule has 1 fully saturated rings. The Balaban J connectivity index is 1.63. The highest BCUT2D eigenvalue weighted by molar-refractivity contribution is 5.36. The quantitative estimate of drug-likeness (QED) is 0.925. The minimum atomic E-state index is -0.375. The number of fused-ring (bicyclic) bond motifs is 1. The van der Waals surface area contributed by atoms with Gasteiger partial charge in [0.25, 0.3) is 0 Å². The van der Waals surface area contributed by atoms with Gasteiger partial charge in [0, 0.05) is 32.2 Å². The third-order valence-corrected chi connectivity index (χ3v) is 5.14. The maximum Gasteiger partial charge on any atom is 0.100 e. The summed E-state index contributed by atoms with van der Waals surface area (Å²) in [6.07, 6.45) is 0.558. The first-order valence-electron chi connectivity index (χ1n) is 8.25. The molecule has 3 rings (SSSR count). The van der Waals surface area contributed by atoms with E-state index in [9.17, 15) is 10.4 Å². The van der Waals surface area contributed by atoms with Gasteiger partial charge in [0.05, 0.1) is 12.2 Å². The zero-order valence-electron chi connectivity index (χ0n) is 13.4. The fraction of sp³-hybridized carbons (Fsp3) is 0.611. The predicted octanol–water partition coefficient (Wildman–Crippen LogP) is 1.81. The molecule has 1 heterocycles. The van der Waals surface area contributed by atoms with Crippen LogP contribution >= 0.6 is 0 Å². The predicted molar refractivity (Wildman–Crippen MR) is 86.3 cm³/mol. The molecule has 1 aromatic carbocycles. The lowest BCUT2D eigenvalue weighted by Crippen LogP contribution is -2.54. The van der Waals surface area contributed by atoms with E-state index in [0.717, 1.165) is 38.2 Å². The Kier molecular flexibility index (Phi) is 4.49. The standard InChI is InChI=1S/C18H25N3O/c1-13(2)17(12-19)21-9-7-20(8-10-21)16-11-14-5-3-4-6-15(14)18(16)22/h3-6,13,16-18,22H,7-11H2,1-2H3/t16-,17+,18-/m1/s1. The third kappa shape index (κ3) is 2.77. The molecule has 1 aliphatic heterocycles. The van der Waals surface area contributed by atoms with Gasteiger partial charge in [-0.1, -0.05) is 38.1 Å². The first-order valence-corrected chi connectivity index (χ1v) is 8.25. The van der Waals surface area contributed by atoms with E-state index in [0.29, 0.717) is 5.92 Å². The topological polar surface area (TPSA) is 50.5 Å². The zero-order chi connectivity index (χ0) is 15.7. The van der Waals surface area contributed by atoms with Crippen molar-refractivity contribution in [2.45, 2.75) is 38.5 Å². The van der Waals surface area contributed by atoms with Crippen LogP contribution in [0.2, 0.25) is 0 Å². The van der Waals surface area contributed by atoms with Crippen molar-refractivity contribution in [2.75, 3.05) is 26.2 Å². The fourth-order valence-corrected chi connectivity index (χ4v) is 3.88. The zero-order valence-corrected chi connectivity index (χ0v) is 13.4. The van der Waals surface area contributed by atoms with Crippen LogP contribution in [0.4, 0.5) is 0 Å². The minimum absolute atomic E-state index is 0.00727. The van der Waals surface area contributed by atoms with Crippen molar-refractivity contribution in [3.8, 4) is 6.07 Å². The second-order valence-corrected chi connectivity index (χ2v) is 6.81. The van der Waals surface area contributed by atoms with Crippen molar-refractivity contribution in [3.05, 3.63) is 35.4 Å². The van der Waals surface area contributed by atoms with E-state index in [1.165, 1.54) is 5.56 Å². The van der Waals surface area contributed by atoms with Crippen molar-refractivity contribution in [3.63, 3.8) is 0 Å². The highest BCUT2D eigenvalue weighted by Gasteiger charge is 2.37. The Morgan fingerprint density at radius 3 is 2.45 bits per heavy atom. The van der Waals surface area contributed by atoms with Gasteiger partial charge in [0.2, 0.25) is 0 Å². The molecule has 0 spiro atoms. The van der Waals surface area contributed by atoms with Gasteiger partial charge in [-0.3, -0.25) is 9.80 Å². The van der Waals surface area contributed by atoms with Crippen LogP contribution in [0.25, 0.3) is 0 Å². The molecule has 1 N–H and O–H groups in total. The fourth-order valence-electron chi connectivity index (χ4n) is 3.88. The number of hydrogen-bond donors (Lipinski definition) is 1. The van der Waals surface area contributed by atoms with E-state index in [4.69, 9.17) is 0 Å². The maximum atomic E-state index is 10.6. The number of nitrogens with zero attached hydrogens (tertiary/aromatic N) is 3. The van der Waals surface area contributed by atoms with Crippen LogP contribution in [0.5, 0.6) is 0 Å². The molecule has 3 atom stereocenters. The van der Waals surface area contributed by atoms with Gasteiger partial charge in [-0.25, -0.2) is 0 Å². The van der Waals surface area contributed by atoms with E-state index in [1.807, 2.05) is 18.2 Å². The second kappa shape index (κ2) is 6.37. The Hall–Kier alpha value is -1.41. The summed E-state index contributed by atoms with van der Waals surface area (Å²) in [4.78, 5) is 4.69. The van der Waals surface area contributed by atoms with Gasteiger partial charge < -0.3 is 5.11 Å². The first-order chi connectivity index (χ1) is 10.6. The van der Waals surface area contributed by atoms with Crippen LogP contribution in [0.1, 0.15) is 31.1 Å². The van der Waals surface area contributed by atoms with E-state index in [2.05, 4.69) is 35.8 Å². The Labute approximate surface area is 133 Å². The molecule has 118 valence electrons. The molecular weight excluding hydrogens is 274 g/mol. The van der Waals surface area contributed by atoms with Gasteiger partial charge in [0.15, 0.2) is 0 Å². The molecule has 2 aliphatic rings. The largest absolute Gasteiger partial charge is 0.387 e. The number of benzene rings is 1. The summed E-state index contributed by atoms with van der Waals surface area (Å²) in [7, 11) is 0. The van der Waals surface area contributed by atoms with Gasteiger partial charge in [-0.15, -0.1) is 0 Å². The summed E-state index contributed by atoms with van der Waals surface area (Å²) in [5, 5.41) is 19.9. The number of aliphatic hydroxyl groups excluding tert-OH is 1. The molecule has 4 heteroatoms. The molecular formula is C18H25N3O. The lowest BCUT2D eigenvalue weighted by Gasteiger charge is -2.41. The van der Waals surface area contributed by atoms with Crippen LogP contribution < -0.4 is 0 Å². The van der Waals surface area contributed by atoms with Crippen molar-refractivity contribution in [2.24, 2.45) is 5.92 Å². The Morgan fingerprint density at radius 2 is 1.86 bits per heavy atom. The summed E-state index contributed by atoms with van der Waals surface area (Å²) in [6.45, 7) is 7.91. The average molecular weight is 299 g/mol. The SMILES string of the molecule is CC(C)[C@H](C#N)N1CCN([C@@H]2Cc3ccccc3[C@H]2O)CC1. The number of piperazine rings is 1. The summed E-state index contributed by atoms with van der Waals surface area (Å²) in [5.74, 6) is 0.359. The number of hydrogen-bond acceptors (Lipinski definition) is 4. The first kappa shape index (κ1) is 15.5. The van der Waals surface area contributed by atoms with Gasteiger partial charge in [-0.05, 0) is 23.5 Å². The smallest absolute Gasteiger partial charge is 0.100 e. The molecule has 0 saturated carbocycles. The van der Waals surface area contributed by atoms with Gasteiger partial charge in [-0.2, -0.15) is 5.26 Å². The molecule has 0 amide bonds. The molecule has 0 unspecified atom stereocenters. The van der Waals surface area contributed by atoms with E-state index < -0.39 is 0 Å². The molecule has 1 aromatic rings. The van der Waals surface area contributed by atoms with Crippen molar-refractivity contribution in [1.82, 2.24) is 9.80 Å². The summed E-state index contributed by atoms with van der Waals surface area (Å²) in [6, 6.07) is 10.9. The molecule has 0 bridgehead atoms. The van der Waals surface area contributed by atoms with E-state index >= 15 is 0 Å². The summed E-state index contributed by atoms with van der Waals surface area (Å²) in [5.41, 5.74) is 2.37. The highest BCUT2D eigenvalue weighted by atomic mass is 16.3. The molecule has 1 aliphatic carbocycles. The van der Waals surface area contributed by atoms with Crippen LogP contribution in [0.3, 0.4) is 0 Å². The normalized spacial score (nSPS) is 27.6. The second-order valence-electron chi connectivity index (χ2n) is 6.81. The Bertz CT molecular complexity index is 558. The van der Waals surface area contributed by atoms with Crippen molar-refractivity contribution in [1.29, 1.82) is 5.26 Å². The van der Waals surface area contributed by atoms with Crippen LogP contribution in [0, 0.1) is 17.2 Å². The lowest BCUT2D eigenvalue weighted by atomic mass is 10.0. The van der Waals surface area contributed by atoms with Crippen LogP contribution in [-0.2, 0) is 6.42 Å². The number of rotatable bonds is 3. The molecule has 1 saturated heterocycles. The van der Waals surface area contributed by atoms with E-state index in [-0.39, 0.29) is 18.2 Å². The number of nitriles is 1. The maximum absolute atomic E-state index is 10.6. The third-order valence-electron chi connectivity index (χ3n) is 5.14. The van der Waals surface area contributed by atoms with Gasteiger partial charge >= 0.3 is 0 Å². The Morgan fingerprint density at radius 1 is 1.18 bits per heavy atom. The lowest BCUT2D eigenvalue weighted by molar-refractivity contribution is 0.0179. The molecule has 0 aromatic heterocycles.